The summed E-state index contributed by atoms with van der Waals surface area (Å²) >= 11 is 1.75. The van der Waals surface area contributed by atoms with Gasteiger partial charge in [0, 0.05) is 6.61 Å². The molecule has 0 saturated heterocycles. The predicted octanol–water partition coefficient (Wildman–Crippen LogP) is 6.97. The molecule has 0 radical (unpaired) electrons. The topological polar surface area (TPSA) is 9.23 Å². The zero-order valence-corrected chi connectivity index (χ0v) is 14.8. The molecule has 0 saturated carbocycles. The highest BCUT2D eigenvalue weighted by atomic mass is 32.1. The third-order valence-corrected chi connectivity index (χ3v) is 4.72. The summed E-state index contributed by atoms with van der Waals surface area (Å²) in [6.45, 7) is 4.00. The van der Waals surface area contributed by atoms with Gasteiger partial charge in [0.2, 0.25) is 0 Å². The molecule has 122 valence electrons. The number of unbranched alkanes of at least 4 members (excludes halogenated alkanes) is 11. The van der Waals surface area contributed by atoms with Gasteiger partial charge in [-0.2, -0.15) is 11.3 Å². The summed E-state index contributed by atoms with van der Waals surface area (Å²) in [4.78, 5) is 0. The molecule has 21 heavy (non-hydrogen) atoms. The smallest absolute Gasteiger partial charge is 0.0724 e. The number of hydrogen-bond donors (Lipinski definition) is 0. The van der Waals surface area contributed by atoms with Crippen LogP contribution in [0, 0.1) is 0 Å². The zero-order chi connectivity index (χ0) is 15.0. The Morgan fingerprint density at radius 3 is 1.90 bits per heavy atom. The van der Waals surface area contributed by atoms with Crippen molar-refractivity contribution in [1.29, 1.82) is 0 Å². The van der Waals surface area contributed by atoms with Gasteiger partial charge in [-0.25, -0.2) is 0 Å². The molecule has 0 fully saturated rings. The fourth-order valence-electron chi connectivity index (χ4n) is 2.61. The van der Waals surface area contributed by atoms with E-state index in [4.69, 9.17) is 4.74 Å². The van der Waals surface area contributed by atoms with Crippen LogP contribution in [0.25, 0.3) is 0 Å². The van der Waals surface area contributed by atoms with Crippen molar-refractivity contribution in [2.45, 2.75) is 90.6 Å². The SMILES string of the molecule is CCCCCCCCCCCCCCOCc1ccsc1. The summed E-state index contributed by atoms with van der Waals surface area (Å²) in [6, 6.07) is 2.15. The van der Waals surface area contributed by atoms with Crippen molar-refractivity contribution in [3.63, 3.8) is 0 Å². The van der Waals surface area contributed by atoms with E-state index in [1.54, 1.807) is 11.3 Å². The third-order valence-electron chi connectivity index (χ3n) is 3.99. The Labute approximate surface area is 136 Å². The Kier molecular flexibility index (Phi) is 13.0. The maximum absolute atomic E-state index is 5.68. The minimum Gasteiger partial charge on any atom is -0.377 e. The van der Waals surface area contributed by atoms with Gasteiger partial charge in [-0.1, -0.05) is 77.6 Å². The van der Waals surface area contributed by atoms with Crippen LogP contribution < -0.4 is 0 Å². The Hall–Kier alpha value is -0.340. The first-order valence-corrected chi connectivity index (χ1v) is 9.96. The second-order valence-electron chi connectivity index (χ2n) is 6.07. The van der Waals surface area contributed by atoms with Crippen molar-refractivity contribution in [2.75, 3.05) is 6.61 Å². The van der Waals surface area contributed by atoms with Crippen LogP contribution in [-0.2, 0) is 11.3 Å². The number of rotatable bonds is 15. The lowest BCUT2D eigenvalue weighted by atomic mass is 10.1. The molecule has 0 N–H and O–H groups in total. The zero-order valence-electron chi connectivity index (χ0n) is 13.9. The van der Waals surface area contributed by atoms with Crippen molar-refractivity contribution >= 4 is 11.3 Å². The van der Waals surface area contributed by atoms with Crippen molar-refractivity contribution in [2.24, 2.45) is 0 Å². The van der Waals surface area contributed by atoms with E-state index in [2.05, 4.69) is 23.8 Å². The van der Waals surface area contributed by atoms with E-state index >= 15 is 0 Å². The van der Waals surface area contributed by atoms with E-state index in [0.29, 0.717) is 0 Å². The first-order valence-electron chi connectivity index (χ1n) is 9.02. The van der Waals surface area contributed by atoms with E-state index in [0.717, 1.165) is 13.2 Å². The monoisotopic (exact) mass is 310 g/mol. The Morgan fingerprint density at radius 1 is 0.810 bits per heavy atom. The van der Waals surface area contributed by atoms with Crippen LogP contribution in [0.3, 0.4) is 0 Å². The molecule has 1 heterocycles. The average molecular weight is 311 g/mol. The summed E-state index contributed by atoms with van der Waals surface area (Å²) in [5, 5.41) is 4.28. The molecule has 0 atom stereocenters. The molecule has 0 bridgehead atoms. The lowest BCUT2D eigenvalue weighted by Crippen LogP contribution is -1.94. The number of thiophene rings is 1. The van der Waals surface area contributed by atoms with Crippen LogP contribution in [0.2, 0.25) is 0 Å². The molecule has 2 heteroatoms. The van der Waals surface area contributed by atoms with Gasteiger partial charge >= 0.3 is 0 Å². The molecule has 1 nitrogen and oxygen atoms in total. The van der Waals surface area contributed by atoms with Gasteiger partial charge < -0.3 is 4.74 Å². The summed E-state index contributed by atoms with van der Waals surface area (Å²) in [5.41, 5.74) is 1.32. The predicted molar refractivity (Wildman–Crippen MR) is 95.1 cm³/mol. The van der Waals surface area contributed by atoms with Gasteiger partial charge in [0.1, 0.15) is 0 Å². The van der Waals surface area contributed by atoms with E-state index in [1.165, 1.54) is 82.6 Å². The van der Waals surface area contributed by atoms with Gasteiger partial charge in [0.15, 0.2) is 0 Å². The molecular weight excluding hydrogens is 276 g/mol. The van der Waals surface area contributed by atoms with Crippen molar-refractivity contribution in [1.82, 2.24) is 0 Å². The molecule has 0 aliphatic rings. The normalized spacial score (nSPS) is 11.1. The number of ether oxygens (including phenoxy) is 1. The minimum absolute atomic E-state index is 0.793. The quantitative estimate of drug-likeness (QED) is 0.318. The third kappa shape index (κ3) is 11.9. The Morgan fingerprint density at radius 2 is 1.38 bits per heavy atom. The summed E-state index contributed by atoms with van der Waals surface area (Å²) in [5.74, 6) is 0. The van der Waals surface area contributed by atoms with Crippen LogP contribution >= 0.6 is 11.3 Å². The average Bonchev–Trinajstić information content (AvgIpc) is 3.01. The highest BCUT2D eigenvalue weighted by Crippen LogP contribution is 2.12. The summed E-state index contributed by atoms with van der Waals surface area (Å²) < 4.78 is 5.68. The second-order valence-corrected chi connectivity index (χ2v) is 6.85. The van der Waals surface area contributed by atoms with Gasteiger partial charge in [-0.3, -0.25) is 0 Å². The maximum atomic E-state index is 5.68. The van der Waals surface area contributed by atoms with E-state index in [9.17, 15) is 0 Å². The molecule has 1 aromatic heterocycles. The second kappa shape index (κ2) is 14.6. The van der Waals surface area contributed by atoms with Crippen LogP contribution in [-0.4, -0.2) is 6.61 Å². The van der Waals surface area contributed by atoms with Gasteiger partial charge in [-0.15, -0.1) is 0 Å². The molecule has 1 aromatic rings. The van der Waals surface area contributed by atoms with E-state index in [-0.39, 0.29) is 0 Å². The molecule has 0 aromatic carbocycles. The summed E-state index contributed by atoms with van der Waals surface area (Å²) in [6.07, 6.45) is 16.8. The number of hydrogen-bond acceptors (Lipinski definition) is 2. The van der Waals surface area contributed by atoms with E-state index < -0.39 is 0 Å². The first kappa shape index (κ1) is 18.7. The summed E-state index contributed by atoms with van der Waals surface area (Å²) in [7, 11) is 0. The molecule has 0 unspecified atom stereocenters. The van der Waals surface area contributed by atoms with Crippen LogP contribution in [0.15, 0.2) is 16.8 Å². The first-order chi connectivity index (χ1) is 10.4. The minimum atomic E-state index is 0.793. The van der Waals surface area contributed by atoms with Crippen LogP contribution in [0.4, 0.5) is 0 Å². The highest BCUT2D eigenvalue weighted by molar-refractivity contribution is 7.07. The molecule has 0 spiro atoms. The van der Waals surface area contributed by atoms with Gasteiger partial charge in [0.05, 0.1) is 6.61 Å². The highest BCUT2D eigenvalue weighted by Gasteiger charge is 1.95. The maximum Gasteiger partial charge on any atom is 0.0724 e. The molecule has 1 rings (SSSR count). The van der Waals surface area contributed by atoms with Gasteiger partial charge in [-0.05, 0) is 28.8 Å². The Bertz CT molecular complexity index is 295. The molecule has 0 aliphatic heterocycles. The lowest BCUT2D eigenvalue weighted by Gasteiger charge is -2.04. The standard InChI is InChI=1S/C19H34OS/c1-2-3-4-5-6-7-8-9-10-11-12-13-15-20-17-19-14-16-21-18-19/h14,16,18H,2-13,15,17H2,1H3. The van der Waals surface area contributed by atoms with Gasteiger partial charge in [0.25, 0.3) is 0 Å². The molecular formula is C19H34OS. The van der Waals surface area contributed by atoms with Crippen molar-refractivity contribution in [3.05, 3.63) is 22.4 Å². The molecule has 0 amide bonds. The van der Waals surface area contributed by atoms with Crippen molar-refractivity contribution in [3.8, 4) is 0 Å². The lowest BCUT2D eigenvalue weighted by molar-refractivity contribution is 0.117. The van der Waals surface area contributed by atoms with Crippen LogP contribution in [0.1, 0.15) is 89.5 Å². The fourth-order valence-corrected chi connectivity index (χ4v) is 3.26. The largest absolute Gasteiger partial charge is 0.377 e. The fraction of sp³-hybridized carbons (Fsp3) is 0.789. The molecule has 0 aliphatic carbocycles. The van der Waals surface area contributed by atoms with Crippen molar-refractivity contribution < 1.29 is 4.74 Å². The van der Waals surface area contributed by atoms with E-state index in [1.807, 2.05) is 0 Å². The Balaban J connectivity index is 1.69. The van der Waals surface area contributed by atoms with Crippen LogP contribution in [0.5, 0.6) is 0 Å².